The molecule has 4 rings (SSSR count). The molecular formula is C10H15NO3. The van der Waals surface area contributed by atoms with Gasteiger partial charge in [0.2, 0.25) is 0 Å². The maximum atomic E-state index is 10.1. The van der Waals surface area contributed by atoms with Crippen LogP contribution in [-0.2, 0) is 4.74 Å². The monoisotopic (exact) mass is 197 g/mol. The molecule has 4 nitrogen and oxygen atoms in total. The number of nitrogens with zero attached hydrogens (tertiary/aromatic N) is 1. The minimum absolute atomic E-state index is 0.200. The second kappa shape index (κ2) is 2.31. The quantitative estimate of drug-likeness (QED) is 0.451. The molecule has 0 aromatic heterocycles. The normalized spacial score (nSPS) is 58.3. The summed E-state index contributed by atoms with van der Waals surface area (Å²) in [6, 6.07) is 0. The highest BCUT2D eigenvalue weighted by Crippen LogP contribution is 2.55. The van der Waals surface area contributed by atoms with Gasteiger partial charge in [-0.05, 0) is 19.8 Å². The van der Waals surface area contributed by atoms with Crippen molar-refractivity contribution in [3.63, 3.8) is 0 Å². The predicted molar refractivity (Wildman–Crippen MR) is 49.1 cm³/mol. The Hall–Kier alpha value is -0.610. The number of hydrogen-bond acceptors (Lipinski definition) is 4. The lowest BCUT2D eigenvalue weighted by atomic mass is 9.60. The molecule has 2 saturated carbocycles. The fourth-order valence-electron chi connectivity index (χ4n) is 3.66. The summed E-state index contributed by atoms with van der Waals surface area (Å²) >= 11 is 0. The third-order valence-corrected chi connectivity index (χ3v) is 3.88. The first-order chi connectivity index (χ1) is 6.54. The molecule has 2 aliphatic carbocycles. The molecule has 0 amide bonds. The Morgan fingerprint density at radius 3 is 2.29 bits per heavy atom. The molecule has 14 heavy (non-hydrogen) atoms. The summed E-state index contributed by atoms with van der Waals surface area (Å²) in [4.78, 5) is 0. The molecule has 78 valence electrons. The van der Waals surface area contributed by atoms with Crippen LogP contribution in [0.15, 0.2) is 5.16 Å². The van der Waals surface area contributed by atoms with Crippen LogP contribution in [0.25, 0.3) is 0 Å². The Bertz CT molecular complexity index is 274. The van der Waals surface area contributed by atoms with Crippen LogP contribution in [0.3, 0.4) is 0 Å². The summed E-state index contributed by atoms with van der Waals surface area (Å²) in [5.41, 5.74) is 0.685. The van der Waals surface area contributed by atoms with E-state index in [0.29, 0.717) is 12.8 Å². The van der Waals surface area contributed by atoms with Gasteiger partial charge in [0, 0.05) is 24.7 Å². The lowest BCUT2D eigenvalue weighted by molar-refractivity contribution is -0.330. The standard InChI is InChI=1S/C10H15NO3/c1-9-2-6-4-10(12,14-9)5-7(3-9)8(6)11-13/h6-7,12-13H,2-5H2,1H3/b11-8-/t6-,7+,9?,10?/m1/s1. The zero-order valence-corrected chi connectivity index (χ0v) is 8.23. The topological polar surface area (TPSA) is 62.1 Å². The molecule has 4 aliphatic rings. The van der Waals surface area contributed by atoms with Gasteiger partial charge >= 0.3 is 0 Å². The van der Waals surface area contributed by atoms with E-state index in [1.807, 2.05) is 6.92 Å². The highest BCUT2D eigenvalue weighted by atomic mass is 16.6. The van der Waals surface area contributed by atoms with Crippen molar-refractivity contribution >= 4 is 5.71 Å². The van der Waals surface area contributed by atoms with Crippen molar-refractivity contribution < 1.29 is 15.1 Å². The SMILES string of the molecule is CC12C[C@@H]3CC(O)(C[C@H](C1)/C3=N\O)O2. The van der Waals surface area contributed by atoms with Crippen molar-refractivity contribution in [2.24, 2.45) is 17.0 Å². The number of oxime groups is 1. The Labute approximate surface area is 82.6 Å². The van der Waals surface area contributed by atoms with Crippen molar-refractivity contribution in [2.75, 3.05) is 0 Å². The van der Waals surface area contributed by atoms with Gasteiger partial charge in [-0.2, -0.15) is 0 Å². The largest absolute Gasteiger partial charge is 0.411 e. The van der Waals surface area contributed by atoms with Gasteiger partial charge < -0.3 is 15.1 Å². The van der Waals surface area contributed by atoms with Gasteiger partial charge in [0.1, 0.15) is 0 Å². The van der Waals surface area contributed by atoms with E-state index >= 15 is 0 Å². The number of hydrogen-bond donors (Lipinski definition) is 2. The third-order valence-electron chi connectivity index (χ3n) is 3.88. The van der Waals surface area contributed by atoms with Crippen LogP contribution in [0.2, 0.25) is 0 Å². The van der Waals surface area contributed by atoms with E-state index in [1.54, 1.807) is 0 Å². The molecule has 2 N–H and O–H groups in total. The number of rotatable bonds is 0. The highest BCUT2D eigenvalue weighted by Gasteiger charge is 2.59. The molecule has 4 bridgehead atoms. The van der Waals surface area contributed by atoms with Crippen molar-refractivity contribution in [2.45, 2.75) is 44.0 Å². The van der Waals surface area contributed by atoms with E-state index < -0.39 is 5.79 Å². The Kier molecular flexibility index (Phi) is 1.43. The molecule has 0 aromatic rings. The van der Waals surface area contributed by atoms with Gasteiger partial charge in [-0.15, -0.1) is 0 Å². The molecule has 0 spiro atoms. The first kappa shape index (κ1) is 8.68. The molecule has 4 atom stereocenters. The maximum Gasteiger partial charge on any atom is 0.167 e. The fourth-order valence-corrected chi connectivity index (χ4v) is 3.66. The second-order valence-electron chi connectivity index (χ2n) is 5.23. The van der Waals surface area contributed by atoms with Crippen LogP contribution in [0.4, 0.5) is 0 Å². The average Bonchev–Trinajstić information content (AvgIpc) is 1.97. The smallest absolute Gasteiger partial charge is 0.167 e. The third kappa shape index (κ3) is 0.982. The van der Waals surface area contributed by atoms with Crippen molar-refractivity contribution in [1.82, 2.24) is 0 Å². The molecule has 4 fully saturated rings. The number of ether oxygens (including phenoxy) is 1. The molecule has 0 aromatic carbocycles. The van der Waals surface area contributed by atoms with E-state index in [9.17, 15) is 5.11 Å². The fraction of sp³-hybridized carbons (Fsp3) is 0.900. The minimum atomic E-state index is -0.950. The second-order valence-corrected chi connectivity index (χ2v) is 5.23. The summed E-state index contributed by atoms with van der Waals surface area (Å²) < 4.78 is 5.71. The zero-order chi connectivity index (χ0) is 9.97. The van der Waals surface area contributed by atoms with Gasteiger partial charge in [-0.3, -0.25) is 0 Å². The van der Waals surface area contributed by atoms with Crippen LogP contribution in [0, 0.1) is 11.8 Å². The van der Waals surface area contributed by atoms with Crippen LogP contribution in [-0.4, -0.2) is 27.4 Å². The minimum Gasteiger partial charge on any atom is -0.411 e. The van der Waals surface area contributed by atoms with E-state index in [0.717, 1.165) is 18.6 Å². The maximum absolute atomic E-state index is 10.1. The van der Waals surface area contributed by atoms with Gasteiger partial charge in [-0.25, -0.2) is 0 Å². The first-order valence-electron chi connectivity index (χ1n) is 5.18. The summed E-state index contributed by atoms with van der Waals surface area (Å²) in [5.74, 6) is -0.512. The van der Waals surface area contributed by atoms with Gasteiger partial charge in [0.15, 0.2) is 5.79 Å². The summed E-state index contributed by atoms with van der Waals surface area (Å²) in [6.45, 7) is 2.05. The van der Waals surface area contributed by atoms with E-state index in [1.165, 1.54) is 0 Å². The molecule has 0 radical (unpaired) electrons. The summed E-state index contributed by atoms with van der Waals surface area (Å²) in [7, 11) is 0. The summed E-state index contributed by atoms with van der Waals surface area (Å²) in [5, 5.41) is 22.5. The molecule has 2 heterocycles. The molecule has 4 heteroatoms. The lowest BCUT2D eigenvalue weighted by Crippen LogP contribution is -2.63. The van der Waals surface area contributed by atoms with Crippen LogP contribution < -0.4 is 0 Å². The predicted octanol–water partition coefficient (Wildman–Crippen LogP) is 1.11. The van der Waals surface area contributed by atoms with Crippen molar-refractivity contribution in [3.8, 4) is 0 Å². The van der Waals surface area contributed by atoms with Gasteiger partial charge in [0.05, 0.1) is 11.3 Å². The lowest BCUT2D eigenvalue weighted by Gasteiger charge is -2.58. The Morgan fingerprint density at radius 1 is 1.29 bits per heavy atom. The van der Waals surface area contributed by atoms with Gasteiger partial charge in [-0.1, -0.05) is 5.16 Å². The van der Waals surface area contributed by atoms with Crippen LogP contribution >= 0.6 is 0 Å². The molecule has 2 aliphatic heterocycles. The van der Waals surface area contributed by atoms with E-state index in [-0.39, 0.29) is 17.4 Å². The van der Waals surface area contributed by atoms with E-state index in [4.69, 9.17) is 9.94 Å². The number of aliphatic hydroxyl groups is 1. The zero-order valence-electron chi connectivity index (χ0n) is 8.23. The van der Waals surface area contributed by atoms with Crippen molar-refractivity contribution in [1.29, 1.82) is 0 Å². The Balaban J connectivity index is 2.02. The highest BCUT2D eigenvalue weighted by molar-refractivity contribution is 5.90. The van der Waals surface area contributed by atoms with Gasteiger partial charge in [0.25, 0.3) is 0 Å². The summed E-state index contributed by atoms with van der Waals surface area (Å²) in [6.07, 6.45) is 2.95. The van der Waals surface area contributed by atoms with Crippen LogP contribution in [0.1, 0.15) is 32.6 Å². The van der Waals surface area contributed by atoms with E-state index in [2.05, 4.69) is 5.16 Å². The average molecular weight is 197 g/mol. The Morgan fingerprint density at radius 2 is 1.86 bits per heavy atom. The first-order valence-corrected chi connectivity index (χ1v) is 5.18. The molecular weight excluding hydrogens is 182 g/mol. The molecule has 2 saturated heterocycles. The molecule has 2 unspecified atom stereocenters. The van der Waals surface area contributed by atoms with Crippen molar-refractivity contribution in [3.05, 3.63) is 0 Å². The van der Waals surface area contributed by atoms with Crippen LogP contribution in [0.5, 0.6) is 0 Å².